The number of non-ortho nitro benzene ring substituents is 1. The maximum Gasteiger partial charge on any atom is 0.270 e. The highest BCUT2D eigenvalue weighted by Gasteiger charge is 2.36. The molecule has 0 atom stereocenters. The van der Waals surface area contributed by atoms with Gasteiger partial charge in [-0.3, -0.25) is 10.1 Å². The third-order valence-electron chi connectivity index (χ3n) is 4.10. The van der Waals surface area contributed by atoms with E-state index in [0.29, 0.717) is 23.7 Å². The van der Waals surface area contributed by atoms with Crippen LogP contribution in [0, 0.1) is 10.1 Å². The lowest BCUT2D eigenvalue weighted by atomic mass is 10.2. The third-order valence-corrected chi connectivity index (χ3v) is 9.69. The molecule has 0 fully saturated rings. The molecule has 3 nitrogen and oxygen atoms in total. The monoisotopic (exact) mass is 299 g/mol. The molecule has 0 spiro atoms. The van der Waals surface area contributed by atoms with Crippen LogP contribution in [0.25, 0.3) is 5.20 Å². The van der Waals surface area contributed by atoms with E-state index >= 15 is 0 Å². The van der Waals surface area contributed by atoms with Gasteiger partial charge in [0.2, 0.25) is 0 Å². The summed E-state index contributed by atoms with van der Waals surface area (Å²) in [7, 11) is -2.30. The molecular weight excluding hydrogens is 280 g/mol. The van der Waals surface area contributed by atoms with Crippen molar-refractivity contribution in [2.75, 3.05) is 0 Å². The summed E-state index contributed by atoms with van der Waals surface area (Å²) in [6, 6.07) is 7.71. The summed E-state index contributed by atoms with van der Waals surface area (Å²) in [5.74, 6) is 0. The van der Waals surface area contributed by atoms with Gasteiger partial charge in [0, 0.05) is 17.3 Å². The maximum absolute atomic E-state index is 13.5. The van der Waals surface area contributed by atoms with E-state index in [1.165, 1.54) is 18.2 Å². The standard InChI is InChI=1S/C14H19F2NO2Si/c1-4-20(5-2,6-3)13(14(15)16)11-8-7-9-12(10-11)17(18)19/h7-10H,4-6H2,1-3H3. The molecule has 0 radical (unpaired) electrons. The minimum absolute atomic E-state index is 0.0775. The zero-order chi connectivity index (χ0) is 15.3. The normalized spacial score (nSPS) is 11.2. The molecule has 1 rings (SSSR count). The van der Waals surface area contributed by atoms with E-state index in [1.54, 1.807) is 6.07 Å². The van der Waals surface area contributed by atoms with Crippen LogP contribution in [-0.2, 0) is 0 Å². The highest BCUT2D eigenvalue weighted by atomic mass is 28.3. The second-order valence-corrected chi connectivity index (χ2v) is 9.97. The zero-order valence-electron chi connectivity index (χ0n) is 12.0. The van der Waals surface area contributed by atoms with Crippen molar-refractivity contribution in [3.05, 3.63) is 46.0 Å². The zero-order valence-corrected chi connectivity index (χ0v) is 13.0. The highest BCUT2D eigenvalue weighted by Crippen LogP contribution is 2.39. The molecular formula is C14H19F2NO2Si. The molecule has 0 amide bonds. The predicted octanol–water partition coefficient (Wildman–Crippen LogP) is 5.25. The fourth-order valence-corrected chi connectivity index (χ4v) is 6.40. The first-order valence-electron chi connectivity index (χ1n) is 6.72. The second kappa shape index (κ2) is 6.74. The molecule has 1 aromatic rings. The van der Waals surface area contributed by atoms with E-state index in [-0.39, 0.29) is 10.9 Å². The molecule has 0 aliphatic carbocycles. The van der Waals surface area contributed by atoms with E-state index in [1.807, 2.05) is 20.8 Å². The van der Waals surface area contributed by atoms with Crippen LogP contribution >= 0.6 is 0 Å². The molecule has 6 heteroatoms. The molecule has 1 aromatic carbocycles. The van der Waals surface area contributed by atoms with Gasteiger partial charge in [-0.2, -0.15) is 8.78 Å². The number of hydrogen-bond donors (Lipinski definition) is 0. The Balaban J connectivity index is 3.47. The molecule has 110 valence electrons. The number of halogens is 2. The highest BCUT2D eigenvalue weighted by molar-refractivity contribution is 6.96. The van der Waals surface area contributed by atoms with E-state index < -0.39 is 19.1 Å². The molecule has 0 unspecified atom stereocenters. The topological polar surface area (TPSA) is 43.1 Å². The Morgan fingerprint density at radius 2 is 1.75 bits per heavy atom. The van der Waals surface area contributed by atoms with E-state index in [9.17, 15) is 18.9 Å². The first kappa shape index (κ1) is 16.5. The van der Waals surface area contributed by atoms with Crippen molar-refractivity contribution in [2.45, 2.75) is 38.9 Å². The van der Waals surface area contributed by atoms with Gasteiger partial charge in [-0.15, -0.1) is 0 Å². The van der Waals surface area contributed by atoms with Crippen molar-refractivity contribution >= 4 is 19.0 Å². The average molecular weight is 299 g/mol. The Morgan fingerprint density at radius 3 is 2.15 bits per heavy atom. The van der Waals surface area contributed by atoms with Gasteiger partial charge in [0.1, 0.15) is 0 Å². The lowest BCUT2D eigenvalue weighted by Gasteiger charge is -2.30. The van der Waals surface area contributed by atoms with Gasteiger partial charge in [0.05, 0.1) is 13.0 Å². The summed E-state index contributed by atoms with van der Waals surface area (Å²) in [5.41, 5.74) is 0.156. The van der Waals surface area contributed by atoms with Crippen LogP contribution in [-0.4, -0.2) is 13.0 Å². The third kappa shape index (κ3) is 3.12. The summed E-state index contributed by atoms with van der Waals surface area (Å²) < 4.78 is 27.0. The summed E-state index contributed by atoms with van der Waals surface area (Å²) in [6.07, 6.45) is -1.69. The van der Waals surface area contributed by atoms with Gasteiger partial charge < -0.3 is 0 Å². The van der Waals surface area contributed by atoms with Gasteiger partial charge in [-0.25, -0.2) is 0 Å². The average Bonchev–Trinajstić information content (AvgIpc) is 2.44. The molecule has 0 saturated carbocycles. The fraction of sp³-hybridized carbons (Fsp3) is 0.429. The fourth-order valence-electron chi connectivity index (χ4n) is 2.67. The lowest BCUT2D eigenvalue weighted by Crippen LogP contribution is -2.34. The number of benzene rings is 1. The molecule has 0 aromatic heterocycles. The molecule has 0 heterocycles. The van der Waals surface area contributed by atoms with Crippen LogP contribution in [0.5, 0.6) is 0 Å². The largest absolute Gasteiger partial charge is 0.270 e. The predicted molar refractivity (Wildman–Crippen MR) is 79.4 cm³/mol. The Labute approximate surface area is 118 Å². The van der Waals surface area contributed by atoms with Crippen LogP contribution in [0.3, 0.4) is 0 Å². The molecule has 0 saturated heterocycles. The van der Waals surface area contributed by atoms with Crippen LogP contribution < -0.4 is 0 Å². The summed E-state index contributed by atoms with van der Waals surface area (Å²) in [5, 5.41) is 10.9. The van der Waals surface area contributed by atoms with Crippen LogP contribution in [0.4, 0.5) is 14.5 Å². The van der Waals surface area contributed by atoms with Crippen molar-refractivity contribution in [1.82, 2.24) is 0 Å². The number of rotatable bonds is 6. The first-order chi connectivity index (χ1) is 9.41. The molecule has 0 aliphatic heterocycles. The molecule has 0 bridgehead atoms. The van der Waals surface area contributed by atoms with Gasteiger partial charge in [0.25, 0.3) is 11.8 Å². The van der Waals surface area contributed by atoms with Gasteiger partial charge in [-0.05, 0) is 5.56 Å². The van der Waals surface area contributed by atoms with E-state index in [2.05, 4.69) is 0 Å². The minimum atomic E-state index is -2.30. The smallest absolute Gasteiger partial charge is 0.258 e. The van der Waals surface area contributed by atoms with Crippen LogP contribution in [0.15, 0.2) is 30.3 Å². The molecule has 0 N–H and O–H groups in total. The molecule has 0 aliphatic rings. The summed E-state index contributed by atoms with van der Waals surface area (Å²) in [6.45, 7) is 5.79. The van der Waals surface area contributed by atoms with Crippen molar-refractivity contribution < 1.29 is 13.7 Å². The number of nitro groups is 1. The Bertz CT molecular complexity index is 515. The lowest BCUT2D eigenvalue weighted by molar-refractivity contribution is -0.384. The van der Waals surface area contributed by atoms with Gasteiger partial charge >= 0.3 is 0 Å². The van der Waals surface area contributed by atoms with Crippen molar-refractivity contribution in [3.8, 4) is 0 Å². The second-order valence-electron chi connectivity index (χ2n) is 4.78. The number of nitro benzene ring substituents is 1. The van der Waals surface area contributed by atoms with Crippen molar-refractivity contribution in [3.63, 3.8) is 0 Å². The quantitative estimate of drug-likeness (QED) is 0.409. The van der Waals surface area contributed by atoms with Gasteiger partial charge in [0.15, 0.2) is 0 Å². The number of nitrogens with zero attached hydrogens (tertiary/aromatic N) is 1. The van der Waals surface area contributed by atoms with Gasteiger partial charge in [-0.1, -0.05) is 51.0 Å². The Hall–Kier alpha value is -1.56. The van der Waals surface area contributed by atoms with E-state index in [4.69, 9.17) is 0 Å². The maximum atomic E-state index is 13.5. The van der Waals surface area contributed by atoms with Crippen LogP contribution in [0.2, 0.25) is 18.1 Å². The SMILES string of the molecule is CC[Si](CC)(CC)C(=C(F)F)c1cccc([N+](=O)[O-])c1. The minimum Gasteiger partial charge on any atom is -0.258 e. The van der Waals surface area contributed by atoms with Crippen molar-refractivity contribution in [2.24, 2.45) is 0 Å². The first-order valence-corrected chi connectivity index (χ1v) is 9.34. The van der Waals surface area contributed by atoms with E-state index in [0.717, 1.165) is 0 Å². The van der Waals surface area contributed by atoms with Crippen molar-refractivity contribution in [1.29, 1.82) is 0 Å². The molecule has 20 heavy (non-hydrogen) atoms. The summed E-state index contributed by atoms with van der Waals surface area (Å²) >= 11 is 0. The van der Waals surface area contributed by atoms with Crippen LogP contribution in [0.1, 0.15) is 26.3 Å². The summed E-state index contributed by atoms with van der Waals surface area (Å²) in [4.78, 5) is 10.3. The Kier molecular flexibility index (Phi) is 5.56. The number of hydrogen-bond acceptors (Lipinski definition) is 2. The Morgan fingerprint density at radius 1 is 1.20 bits per heavy atom.